The Labute approximate surface area is 99.2 Å². The molecule has 0 saturated heterocycles. The van der Waals surface area contributed by atoms with Crippen molar-refractivity contribution in [1.82, 2.24) is 15.6 Å². The number of carbonyl (C=O) groups is 1. The Morgan fingerprint density at radius 2 is 2.44 bits per heavy atom. The highest BCUT2D eigenvalue weighted by Gasteiger charge is 2.10. The summed E-state index contributed by atoms with van der Waals surface area (Å²) in [6.45, 7) is 3.04. The van der Waals surface area contributed by atoms with Crippen molar-refractivity contribution in [2.75, 3.05) is 20.7 Å². The molecule has 1 amide bonds. The maximum Gasteiger partial charge on any atom is 0.270 e. The van der Waals surface area contributed by atoms with Crippen molar-refractivity contribution in [3.63, 3.8) is 0 Å². The molecule has 0 bridgehead atoms. The molecule has 0 spiro atoms. The number of nitrogens with one attached hydrogen (secondary N) is 2. The lowest BCUT2D eigenvalue weighted by atomic mass is 10.3. The third-order valence-electron chi connectivity index (χ3n) is 2.11. The minimum Gasteiger partial charge on any atom is -0.378 e. The number of methoxy groups -OCH3 is 1. The number of hydrogen-bond donors (Lipinski definition) is 2. The molecule has 0 aliphatic heterocycles. The topological polar surface area (TPSA) is 63.2 Å². The molecule has 1 rings (SSSR count). The molecule has 2 N–H and O–H groups in total. The van der Waals surface area contributed by atoms with Crippen LogP contribution in [0.25, 0.3) is 0 Å². The summed E-state index contributed by atoms with van der Waals surface area (Å²) in [7, 11) is 3.46. The molecule has 0 saturated carbocycles. The first-order valence-electron chi connectivity index (χ1n) is 5.06. The van der Waals surface area contributed by atoms with E-state index in [2.05, 4.69) is 15.6 Å². The fraction of sp³-hybridized carbons (Fsp3) is 0.600. The van der Waals surface area contributed by atoms with Crippen LogP contribution in [0.15, 0.2) is 5.38 Å². The van der Waals surface area contributed by atoms with Crippen LogP contribution in [0.5, 0.6) is 0 Å². The first-order valence-corrected chi connectivity index (χ1v) is 5.94. The zero-order valence-electron chi connectivity index (χ0n) is 9.74. The first kappa shape index (κ1) is 13.1. The van der Waals surface area contributed by atoms with Gasteiger partial charge in [-0.25, -0.2) is 4.98 Å². The van der Waals surface area contributed by atoms with Gasteiger partial charge in [0.1, 0.15) is 10.7 Å². The van der Waals surface area contributed by atoms with E-state index in [-0.39, 0.29) is 11.9 Å². The third-order valence-corrected chi connectivity index (χ3v) is 2.94. The molecule has 1 heterocycles. The molecule has 1 aromatic rings. The van der Waals surface area contributed by atoms with Crippen LogP contribution < -0.4 is 10.6 Å². The van der Waals surface area contributed by atoms with E-state index in [1.807, 2.05) is 14.0 Å². The fourth-order valence-electron chi connectivity index (χ4n) is 1.04. The number of amides is 1. The molecule has 5 nitrogen and oxygen atoms in total. The predicted octanol–water partition coefficient (Wildman–Crippen LogP) is 0.627. The quantitative estimate of drug-likeness (QED) is 0.769. The molecular weight excluding hydrogens is 226 g/mol. The van der Waals surface area contributed by atoms with Crippen molar-refractivity contribution in [1.29, 1.82) is 0 Å². The maximum atomic E-state index is 11.6. The van der Waals surface area contributed by atoms with E-state index in [1.54, 1.807) is 12.5 Å². The number of rotatable bonds is 6. The second-order valence-electron chi connectivity index (χ2n) is 3.46. The number of hydrogen-bond acceptors (Lipinski definition) is 5. The minimum absolute atomic E-state index is 0.138. The van der Waals surface area contributed by atoms with E-state index < -0.39 is 0 Å². The van der Waals surface area contributed by atoms with Crippen LogP contribution in [0.4, 0.5) is 0 Å². The molecular formula is C10H17N3O2S. The summed E-state index contributed by atoms with van der Waals surface area (Å²) in [4.78, 5) is 15.8. The van der Waals surface area contributed by atoms with E-state index in [1.165, 1.54) is 11.3 Å². The molecule has 1 unspecified atom stereocenters. The number of carbonyl (C=O) groups excluding carboxylic acids is 1. The average Bonchev–Trinajstić information content (AvgIpc) is 2.74. The monoisotopic (exact) mass is 243 g/mol. The van der Waals surface area contributed by atoms with Gasteiger partial charge in [0.2, 0.25) is 0 Å². The van der Waals surface area contributed by atoms with Gasteiger partial charge >= 0.3 is 0 Å². The maximum absolute atomic E-state index is 11.6. The van der Waals surface area contributed by atoms with E-state index in [0.717, 1.165) is 5.01 Å². The Morgan fingerprint density at radius 3 is 3.06 bits per heavy atom. The number of thiazole rings is 1. The molecule has 0 radical (unpaired) electrons. The summed E-state index contributed by atoms with van der Waals surface area (Å²) in [6.07, 6.45) is 0. The van der Waals surface area contributed by atoms with Gasteiger partial charge in [0.05, 0.1) is 6.61 Å². The molecule has 0 aliphatic rings. The lowest BCUT2D eigenvalue weighted by Crippen LogP contribution is -2.37. The summed E-state index contributed by atoms with van der Waals surface area (Å²) in [5.41, 5.74) is 0.459. The molecule has 0 aliphatic carbocycles. The molecule has 16 heavy (non-hydrogen) atoms. The van der Waals surface area contributed by atoms with Gasteiger partial charge in [0.15, 0.2) is 0 Å². The van der Waals surface area contributed by atoms with Crippen molar-refractivity contribution in [3.05, 3.63) is 16.1 Å². The van der Waals surface area contributed by atoms with E-state index >= 15 is 0 Å². The molecule has 1 atom stereocenters. The van der Waals surface area contributed by atoms with Gasteiger partial charge in [-0.15, -0.1) is 11.3 Å². The number of likely N-dealkylation sites (N-methyl/N-ethyl adjacent to an activating group) is 1. The Morgan fingerprint density at radius 1 is 1.69 bits per heavy atom. The molecule has 90 valence electrons. The van der Waals surface area contributed by atoms with Gasteiger partial charge in [-0.1, -0.05) is 0 Å². The summed E-state index contributed by atoms with van der Waals surface area (Å²) in [5, 5.41) is 8.41. The largest absolute Gasteiger partial charge is 0.378 e. The van der Waals surface area contributed by atoms with Gasteiger partial charge in [0.25, 0.3) is 5.91 Å². The van der Waals surface area contributed by atoms with Crippen LogP contribution in [0.2, 0.25) is 0 Å². The summed E-state index contributed by atoms with van der Waals surface area (Å²) in [6, 6.07) is 0.251. The van der Waals surface area contributed by atoms with Gasteiger partial charge in [-0.05, 0) is 14.0 Å². The zero-order chi connectivity index (χ0) is 12.0. The lowest BCUT2D eigenvalue weighted by Gasteiger charge is -2.10. The smallest absolute Gasteiger partial charge is 0.270 e. The highest BCUT2D eigenvalue weighted by atomic mass is 32.1. The van der Waals surface area contributed by atoms with Gasteiger partial charge < -0.3 is 15.4 Å². The van der Waals surface area contributed by atoms with Gasteiger partial charge in [-0.2, -0.15) is 0 Å². The zero-order valence-corrected chi connectivity index (χ0v) is 10.6. The third kappa shape index (κ3) is 3.88. The summed E-state index contributed by atoms with van der Waals surface area (Å²) >= 11 is 1.43. The Bertz CT molecular complexity index is 341. The normalized spacial score (nSPS) is 12.4. The number of nitrogens with zero attached hydrogens (tertiary/aromatic N) is 1. The van der Waals surface area contributed by atoms with E-state index in [9.17, 15) is 4.79 Å². The highest BCUT2D eigenvalue weighted by Crippen LogP contribution is 2.10. The predicted molar refractivity (Wildman–Crippen MR) is 63.7 cm³/mol. The van der Waals surface area contributed by atoms with Gasteiger partial charge in [-0.3, -0.25) is 4.79 Å². The van der Waals surface area contributed by atoms with Crippen molar-refractivity contribution in [3.8, 4) is 0 Å². The first-order chi connectivity index (χ1) is 7.67. The van der Waals surface area contributed by atoms with Crippen molar-refractivity contribution in [2.24, 2.45) is 0 Å². The van der Waals surface area contributed by atoms with Crippen LogP contribution in [0.1, 0.15) is 22.4 Å². The molecule has 1 aromatic heterocycles. The standard InChI is InChI=1S/C10H17N3O2S/c1-7(11-2)4-12-10(14)8-6-16-9(13-8)5-15-3/h6-7,11H,4-5H2,1-3H3,(H,12,14). The lowest BCUT2D eigenvalue weighted by molar-refractivity contribution is 0.0945. The van der Waals surface area contributed by atoms with Crippen LogP contribution in [-0.4, -0.2) is 37.6 Å². The summed E-state index contributed by atoms with van der Waals surface area (Å²) < 4.78 is 4.94. The Balaban J connectivity index is 2.46. The van der Waals surface area contributed by atoms with Crippen LogP contribution in [0, 0.1) is 0 Å². The molecule has 0 aromatic carbocycles. The average molecular weight is 243 g/mol. The number of ether oxygens (including phenoxy) is 1. The number of aromatic nitrogens is 1. The van der Waals surface area contributed by atoms with E-state index in [0.29, 0.717) is 18.8 Å². The fourth-order valence-corrected chi connectivity index (χ4v) is 1.79. The minimum atomic E-state index is -0.138. The van der Waals surface area contributed by atoms with Crippen molar-refractivity contribution >= 4 is 17.2 Å². The van der Waals surface area contributed by atoms with Gasteiger partial charge in [0, 0.05) is 25.1 Å². The SMILES string of the molecule is CNC(C)CNC(=O)c1csc(COC)n1. The van der Waals surface area contributed by atoms with Crippen molar-refractivity contribution < 1.29 is 9.53 Å². The Hall–Kier alpha value is -0.980. The van der Waals surface area contributed by atoms with Crippen LogP contribution in [0.3, 0.4) is 0 Å². The Kier molecular flexibility index (Phi) is 5.37. The second-order valence-corrected chi connectivity index (χ2v) is 4.40. The molecule has 0 fully saturated rings. The van der Waals surface area contributed by atoms with Crippen LogP contribution >= 0.6 is 11.3 Å². The van der Waals surface area contributed by atoms with Crippen LogP contribution in [-0.2, 0) is 11.3 Å². The van der Waals surface area contributed by atoms with E-state index in [4.69, 9.17) is 4.74 Å². The molecule has 6 heteroatoms. The highest BCUT2D eigenvalue weighted by molar-refractivity contribution is 7.09. The second kappa shape index (κ2) is 6.57. The van der Waals surface area contributed by atoms with Crippen molar-refractivity contribution in [2.45, 2.75) is 19.6 Å². The summed E-state index contributed by atoms with van der Waals surface area (Å²) in [5.74, 6) is -0.138.